The van der Waals surface area contributed by atoms with Crippen molar-refractivity contribution in [2.24, 2.45) is 23.0 Å². The molecule has 3 aliphatic carbocycles. The first-order valence-electron chi connectivity index (χ1n) is 7.41. The zero-order valence-electron chi connectivity index (χ0n) is 11.0. The van der Waals surface area contributed by atoms with Crippen LogP contribution in [-0.2, 0) is 14.2 Å². The molecular weight excluding hydrogens is 230 g/mol. The van der Waals surface area contributed by atoms with Crippen LogP contribution in [0.4, 0.5) is 0 Å². The average Bonchev–Trinajstić information content (AvgIpc) is 3.02. The molecule has 4 fully saturated rings. The van der Waals surface area contributed by atoms with Crippen molar-refractivity contribution in [3.63, 3.8) is 0 Å². The van der Waals surface area contributed by atoms with Crippen LogP contribution in [0.5, 0.6) is 0 Å². The molecule has 7 atom stereocenters. The predicted octanol–water partition coefficient (Wildman–Crippen LogP) is 1.63. The van der Waals surface area contributed by atoms with Crippen molar-refractivity contribution >= 4 is 0 Å². The molecule has 4 nitrogen and oxygen atoms in total. The van der Waals surface area contributed by atoms with E-state index in [1.807, 2.05) is 6.92 Å². The van der Waals surface area contributed by atoms with Gasteiger partial charge >= 0.3 is 0 Å². The van der Waals surface area contributed by atoms with Crippen molar-refractivity contribution in [2.45, 2.75) is 63.8 Å². The molecule has 0 aromatic carbocycles. The van der Waals surface area contributed by atoms with Crippen molar-refractivity contribution in [3.05, 3.63) is 0 Å². The van der Waals surface area contributed by atoms with Crippen molar-refractivity contribution in [2.75, 3.05) is 6.61 Å². The second kappa shape index (κ2) is 3.92. The summed E-state index contributed by atoms with van der Waals surface area (Å²) in [5.74, 6) is 1.58. The van der Waals surface area contributed by atoms with E-state index in [0.717, 1.165) is 24.7 Å². The molecule has 0 radical (unpaired) electrons. The largest absolute Gasteiger partial charge is 0.330 e. The average molecular weight is 253 g/mol. The molecule has 4 aliphatic rings. The van der Waals surface area contributed by atoms with E-state index in [1.54, 1.807) is 0 Å². The topological polar surface area (TPSA) is 53.7 Å². The molecular formula is C14H23NO3. The molecule has 1 aliphatic heterocycles. The van der Waals surface area contributed by atoms with Gasteiger partial charge in [0.1, 0.15) is 0 Å². The number of hydrogen-bond donors (Lipinski definition) is 1. The summed E-state index contributed by atoms with van der Waals surface area (Å²) in [5.41, 5.74) is 6.83. The summed E-state index contributed by atoms with van der Waals surface area (Å²) in [5, 5.41) is 0. The van der Waals surface area contributed by atoms with Gasteiger partial charge < -0.3 is 19.9 Å². The van der Waals surface area contributed by atoms with Crippen molar-refractivity contribution in [1.29, 1.82) is 0 Å². The van der Waals surface area contributed by atoms with Gasteiger partial charge in [-0.2, -0.15) is 0 Å². The Bertz CT molecular complexity index is 330. The third-order valence-electron chi connectivity index (χ3n) is 5.91. The molecule has 4 heteroatoms. The SMILES string of the molecule is CCO[C@@H]1OC2C[C@]3(C[C@H]2O1)[C@H]1CCC(C1)[C@@H]3N. The van der Waals surface area contributed by atoms with Gasteiger partial charge in [0.15, 0.2) is 0 Å². The summed E-state index contributed by atoms with van der Waals surface area (Å²) in [4.78, 5) is 0. The molecule has 0 aromatic heterocycles. The van der Waals surface area contributed by atoms with Gasteiger partial charge in [0.2, 0.25) is 0 Å². The van der Waals surface area contributed by atoms with E-state index in [1.165, 1.54) is 19.3 Å². The van der Waals surface area contributed by atoms with Gasteiger partial charge in [0.25, 0.3) is 6.48 Å². The lowest BCUT2D eigenvalue weighted by Gasteiger charge is -2.40. The third-order valence-corrected chi connectivity index (χ3v) is 5.91. The number of nitrogens with two attached hydrogens (primary N) is 1. The van der Waals surface area contributed by atoms with E-state index < -0.39 is 6.48 Å². The highest BCUT2D eigenvalue weighted by Gasteiger charge is 2.63. The van der Waals surface area contributed by atoms with Gasteiger partial charge in [-0.25, -0.2) is 0 Å². The highest BCUT2D eigenvalue weighted by atomic mass is 16.9. The number of hydrogen-bond acceptors (Lipinski definition) is 4. The first-order chi connectivity index (χ1) is 8.73. The zero-order chi connectivity index (χ0) is 12.3. The summed E-state index contributed by atoms with van der Waals surface area (Å²) >= 11 is 0. The Hall–Kier alpha value is -0.160. The summed E-state index contributed by atoms with van der Waals surface area (Å²) in [7, 11) is 0. The van der Waals surface area contributed by atoms with E-state index in [4.69, 9.17) is 19.9 Å². The van der Waals surface area contributed by atoms with Crippen LogP contribution in [0, 0.1) is 17.3 Å². The molecule has 2 unspecified atom stereocenters. The molecule has 1 saturated heterocycles. The Kier molecular flexibility index (Phi) is 2.54. The molecule has 102 valence electrons. The van der Waals surface area contributed by atoms with Crippen LogP contribution in [0.2, 0.25) is 0 Å². The van der Waals surface area contributed by atoms with Crippen LogP contribution in [0.25, 0.3) is 0 Å². The number of rotatable bonds is 2. The minimum atomic E-state index is -0.433. The van der Waals surface area contributed by atoms with Crippen LogP contribution in [-0.4, -0.2) is 31.3 Å². The molecule has 0 amide bonds. The molecule has 2 bridgehead atoms. The van der Waals surface area contributed by atoms with Gasteiger partial charge in [-0.3, -0.25) is 0 Å². The standard InChI is InChI=1S/C14H23NO3/c1-2-16-13-17-10-6-14(7-11(10)18-13)9-4-3-8(5-9)12(14)15/h8-13H,2-7,15H2,1H3/t8?,9-,10+,11?,12-,13-,14+/m0/s1. The lowest BCUT2D eigenvalue weighted by molar-refractivity contribution is -0.247. The van der Waals surface area contributed by atoms with Gasteiger partial charge in [-0.15, -0.1) is 0 Å². The Morgan fingerprint density at radius 3 is 2.50 bits per heavy atom. The Morgan fingerprint density at radius 2 is 1.94 bits per heavy atom. The maximum atomic E-state index is 6.51. The fourth-order valence-corrected chi connectivity index (χ4v) is 5.11. The lowest BCUT2D eigenvalue weighted by Crippen LogP contribution is -2.45. The zero-order valence-corrected chi connectivity index (χ0v) is 11.0. The van der Waals surface area contributed by atoms with Gasteiger partial charge in [0, 0.05) is 12.6 Å². The fourth-order valence-electron chi connectivity index (χ4n) is 5.11. The summed E-state index contributed by atoms with van der Waals surface area (Å²) in [6.45, 7) is 2.17. The van der Waals surface area contributed by atoms with E-state index in [-0.39, 0.29) is 12.2 Å². The Morgan fingerprint density at radius 1 is 1.22 bits per heavy atom. The first kappa shape index (κ1) is 11.6. The number of fused-ring (bicyclic) bond motifs is 4. The third kappa shape index (κ3) is 1.40. The van der Waals surface area contributed by atoms with Crippen molar-refractivity contribution in [1.82, 2.24) is 0 Å². The normalized spacial score (nSPS) is 57.7. The maximum absolute atomic E-state index is 6.51. The lowest BCUT2D eigenvalue weighted by atomic mass is 9.69. The van der Waals surface area contributed by atoms with Crippen LogP contribution in [0.1, 0.15) is 39.0 Å². The smallest absolute Gasteiger partial charge is 0.272 e. The van der Waals surface area contributed by atoms with E-state index >= 15 is 0 Å². The highest BCUT2D eigenvalue weighted by molar-refractivity contribution is 5.14. The second-order valence-electron chi connectivity index (χ2n) is 6.53. The fraction of sp³-hybridized carbons (Fsp3) is 1.00. The monoisotopic (exact) mass is 253 g/mol. The number of ether oxygens (including phenoxy) is 3. The van der Waals surface area contributed by atoms with Gasteiger partial charge in [-0.1, -0.05) is 0 Å². The maximum Gasteiger partial charge on any atom is 0.272 e. The Balaban J connectivity index is 1.50. The highest BCUT2D eigenvalue weighted by Crippen LogP contribution is 2.63. The van der Waals surface area contributed by atoms with E-state index in [9.17, 15) is 0 Å². The second-order valence-corrected chi connectivity index (χ2v) is 6.53. The molecule has 3 saturated carbocycles. The first-order valence-corrected chi connectivity index (χ1v) is 7.41. The molecule has 1 heterocycles. The molecule has 18 heavy (non-hydrogen) atoms. The summed E-state index contributed by atoms with van der Waals surface area (Å²) in [6.07, 6.45) is 6.65. The van der Waals surface area contributed by atoms with Crippen LogP contribution in [0.15, 0.2) is 0 Å². The minimum absolute atomic E-state index is 0.215. The van der Waals surface area contributed by atoms with Gasteiger partial charge in [0.05, 0.1) is 12.2 Å². The van der Waals surface area contributed by atoms with Crippen LogP contribution >= 0.6 is 0 Å². The van der Waals surface area contributed by atoms with Crippen molar-refractivity contribution < 1.29 is 14.2 Å². The minimum Gasteiger partial charge on any atom is -0.330 e. The van der Waals surface area contributed by atoms with E-state index in [0.29, 0.717) is 18.1 Å². The molecule has 4 rings (SSSR count). The molecule has 2 N–H and O–H groups in total. The van der Waals surface area contributed by atoms with Crippen LogP contribution < -0.4 is 5.73 Å². The van der Waals surface area contributed by atoms with Gasteiger partial charge in [-0.05, 0) is 56.3 Å². The van der Waals surface area contributed by atoms with Crippen molar-refractivity contribution in [3.8, 4) is 0 Å². The summed E-state index contributed by atoms with van der Waals surface area (Å²) < 4.78 is 17.1. The molecule has 0 aromatic rings. The summed E-state index contributed by atoms with van der Waals surface area (Å²) in [6, 6.07) is 0.375. The quantitative estimate of drug-likeness (QED) is 0.812. The predicted molar refractivity (Wildman–Crippen MR) is 65.6 cm³/mol. The van der Waals surface area contributed by atoms with E-state index in [2.05, 4.69) is 0 Å². The van der Waals surface area contributed by atoms with Crippen LogP contribution in [0.3, 0.4) is 0 Å². The Labute approximate surface area is 108 Å². The molecule has 1 spiro atoms.